The van der Waals surface area contributed by atoms with Gasteiger partial charge in [-0.3, -0.25) is 4.68 Å². The predicted octanol–water partition coefficient (Wildman–Crippen LogP) is 6.20. The first kappa shape index (κ1) is 26.3. The van der Waals surface area contributed by atoms with Crippen molar-refractivity contribution >= 4 is 16.0 Å². The number of nitrogens with zero attached hydrogens (tertiary/aromatic N) is 4. The molecule has 37 heavy (non-hydrogen) atoms. The Morgan fingerprint density at radius 1 is 1.00 bits per heavy atom. The van der Waals surface area contributed by atoms with E-state index in [0.29, 0.717) is 17.3 Å². The molecule has 0 amide bonds. The normalized spacial score (nSPS) is 12.1. The molecular formula is C28H33N5O3S. The molecule has 0 aliphatic carbocycles. The highest BCUT2D eigenvalue weighted by molar-refractivity contribution is 7.92. The molecule has 0 atom stereocenters. The van der Waals surface area contributed by atoms with Gasteiger partial charge in [-0.15, -0.1) is 0 Å². The number of ether oxygens (including phenoxy) is 1. The van der Waals surface area contributed by atoms with E-state index in [1.54, 1.807) is 7.05 Å². The van der Waals surface area contributed by atoms with Crippen LogP contribution in [0.2, 0.25) is 0 Å². The van der Waals surface area contributed by atoms with Crippen LogP contribution in [0.1, 0.15) is 57.2 Å². The molecule has 8 nitrogen and oxygen atoms in total. The summed E-state index contributed by atoms with van der Waals surface area (Å²) in [5, 5.41) is 3.98. The summed E-state index contributed by atoms with van der Waals surface area (Å²) in [6, 6.07) is 15.7. The van der Waals surface area contributed by atoms with Crippen LogP contribution in [0.5, 0.6) is 11.6 Å². The molecule has 2 heterocycles. The lowest BCUT2D eigenvalue weighted by molar-refractivity contribution is 0.430. The molecular weight excluding hydrogens is 486 g/mol. The summed E-state index contributed by atoms with van der Waals surface area (Å²) < 4.78 is 36.7. The zero-order chi connectivity index (χ0) is 27.0. The molecule has 0 aliphatic heterocycles. The molecule has 0 spiro atoms. The molecule has 1 N–H and O–H groups in total. The first-order valence-electron chi connectivity index (χ1n) is 12.1. The zero-order valence-corrected chi connectivity index (χ0v) is 23.1. The number of hydrogen-bond donors (Lipinski definition) is 1. The summed E-state index contributed by atoms with van der Waals surface area (Å²) in [4.78, 5) is 9.37. The summed E-state index contributed by atoms with van der Waals surface area (Å²) >= 11 is 0. The van der Waals surface area contributed by atoms with Gasteiger partial charge in [-0.25, -0.2) is 18.1 Å². The van der Waals surface area contributed by atoms with E-state index in [2.05, 4.69) is 49.4 Å². The van der Waals surface area contributed by atoms with Gasteiger partial charge in [0, 0.05) is 24.4 Å². The third-order valence-electron chi connectivity index (χ3n) is 5.99. The third kappa shape index (κ3) is 5.67. The van der Waals surface area contributed by atoms with Crippen molar-refractivity contribution in [2.24, 2.45) is 7.05 Å². The fraction of sp³-hybridized carbons (Fsp3) is 0.321. The number of aromatic nitrogens is 4. The van der Waals surface area contributed by atoms with Gasteiger partial charge in [-0.05, 0) is 35.4 Å². The molecule has 0 unspecified atom stereocenters. The monoisotopic (exact) mass is 519 g/mol. The Balaban J connectivity index is 1.96. The maximum Gasteiger partial charge on any atom is 0.267 e. The van der Waals surface area contributed by atoms with Crippen LogP contribution in [0.3, 0.4) is 0 Å². The number of hydrogen-bond acceptors (Lipinski definition) is 6. The SMILES string of the molecule is Cc1ccccc1-c1nc(NS(=O)(=O)c2cnn(C)c2)nc(Oc2ccccc2C(C)C)c1C(C)(C)C. The highest BCUT2D eigenvalue weighted by Gasteiger charge is 2.30. The van der Waals surface area contributed by atoms with E-state index in [0.717, 1.165) is 22.3 Å². The zero-order valence-electron chi connectivity index (χ0n) is 22.3. The van der Waals surface area contributed by atoms with Crippen molar-refractivity contribution in [1.82, 2.24) is 19.7 Å². The van der Waals surface area contributed by atoms with E-state index in [1.807, 2.05) is 55.5 Å². The van der Waals surface area contributed by atoms with E-state index in [4.69, 9.17) is 9.72 Å². The predicted molar refractivity (Wildman–Crippen MR) is 146 cm³/mol. The summed E-state index contributed by atoms with van der Waals surface area (Å²) in [6.07, 6.45) is 2.70. The number of benzene rings is 2. The lowest BCUT2D eigenvalue weighted by Crippen LogP contribution is -2.20. The van der Waals surface area contributed by atoms with Crippen molar-refractivity contribution in [3.05, 3.63) is 77.6 Å². The molecule has 0 bridgehead atoms. The summed E-state index contributed by atoms with van der Waals surface area (Å²) in [6.45, 7) is 12.4. The van der Waals surface area contributed by atoms with E-state index >= 15 is 0 Å². The van der Waals surface area contributed by atoms with Gasteiger partial charge in [0.05, 0.1) is 11.9 Å². The Bertz CT molecular complexity index is 1540. The highest BCUT2D eigenvalue weighted by Crippen LogP contribution is 2.42. The van der Waals surface area contributed by atoms with Gasteiger partial charge in [0.2, 0.25) is 11.8 Å². The fourth-order valence-corrected chi connectivity index (χ4v) is 5.07. The van der Waals surface area contributed by atoms with Crippen LogP contribution < -0.4 is 9.46 Å². The van der Waals surface area contributed by atoms with Crippen LogP contribution in [-0.4, -0.2) is 28.2 Å². The summed E-state index contributed by atoms with van der Waals surface area (Å²) in [5.41, 5.74) is 3.88. The van der Waals surface area contributed by atoms with Crippen molar-refractivity contribution < 1.29 is 13.2 Å². The lowest BCUT2D eigenvalue weighted by Gasteiger charge is -2.26. The number of rotatable bonds is 7. The van der Waals surface area contributed by atoms with Gasteiger partial charge < -0.3 is 4.74 Å². The van der Waals surface area contributed by atoms with Crippen LogP contribution in [0.15, 0.2) is 65.8 Å². The molecule has 2 aromatic carbocycles. The minimum Gasteiger partial charge on any atom is -0.438 e. The highest BCUT2D eigenvalue weighted by atomic mass is 32.2. The van der Waals surface area contributed by atoms with Crippen molar-refractivity contribution in [3.63, 3.8) is 0 Å². The van der Waals surface area contributed by atoms with Crippen molar-refractivity contribution in [3.8, 4) is 22.9 Å². The Kier molecular flexibility index (Phi) is 7.10. The maximum atomic E-state index is 13.1. The molecule has 9 heteroatoms. The Hall–Kier alpha value is -3.72. The summed E-state index contributed by atoms with van der Waals surface area (Å²) in [5.74, 6) is 1.11. The first-order valence-corrected chi connectivity index (χ1v) is 13.6. The molecule has 4 aromatic rings. The van der Waals surface area contributed by atoms with Crippen molar-refractivity contribution in [2.45, 2.75) is 57.8 Å². The minimum atomic E-state index is -3.97. The van der Waals surface area contributed by atoms with Crippen LogP contribution in [0.25, 0.3) is 11.3 Å². The molecule has 0 fully saturated rings. The van der Waals surface area contributed by atoms with Crippen molar-refractivity contribution in [1.29, 1.82) is 0 Å². The quantitative estimate of drug-likeness (QED) is 0.312. The van der Waals surface area contributed by atoms with E-state index in [-0.39, 0.29) is 16.8 Å². The van der Waals surface area contributed by atoms with Gasteiger partial charge >= 0.3 is 0 Å². The third-order valence-corrected chi connectivity index (χ3v) is 7.27. The fourth-order valence-electron chi connectivity index (χ4n) is 4.14. The second-order valence-corrected chi connectivity index (χ2v) is 12.1. The second-order valence-electron chi connectivity index (χ2n) is 10.4. The molecule has 2 aromatic heterocycles. The standard InChI is InChI=1S/C28H33N5O3S/c1-18(2)21-13-10-11-15-23(21)36-26-24(28(4,5)6)25(22-14-9-8-12-19(22)3)30-27(31-26)32-37(34,35)20-16-29-33(7)17-20/h8-18H,1-7H3,(H,30,31,32). The number of aryl methyl sites for hydroxylation is 2. The molecule has 0 saturated heterocycles. The molecule has 194 valence electrons. The van der Waals surface area contributed by atoms with Crippen molar-refractivity contribution in [2.75, 3.05) is 4.72 Å². The minimum absolute atomic E-state index is 0.0172. The summed E-state index contributed by atoms with van der Waals surface area (Å²) in [7, 11) is -2.32. The first-order chi connectivity index (χ1) is 17.4. The largest absolute Gasteiger partial charge is 0.438 e. The number of nitrogens with one attached hydrogen (secondary N) is 1. The number of sulfonamides is 1. The smallest absolute Gasteiger partial charge is 0.267 e. The van der Waals surface area contributed by atoms with E-state index < -0.39 is 15.4 Å². The van der Waals surface area contributed by atoms with Crippen LogP contribution in [0, 0.1) is 6.92 Å². The maximum absolute atomic E-state index is 13.1. The Labute approximate surface area is 218 Å². The topological polar surface area (TPSA) is 99.0 Å². The van der Waals surface area contributed by atoms with Gasteiger partial charge in [0.25, 0.3) is 10.0 Å². The Morgan fingerprint density at radius 2 is 1.68 bits per heavy atom. The Morgan fingerprint density at radius 3 is 2.30 bits per heavy atom. The van der Waals surface area contributed by atoms with Crippen LogP contribution in [-0.2, 0) is 22.5 Å². The average molecular weight is 520 g/mol. The average Bonchev–Trinajstić information content (AvgIpc) is 3.25. The molecule has 0 radical (unpaired) electrons. The lowest BCUT2D eigenvalue weighted by atomic mass is 9.84. The molecule has 0 saturated carbocycles. The van der Waals surface area contributed by atoms with Crippen LogP contribution in [0.4, 0.5) is 5.95 Å². The van der Waals surface area contributed by atoms with Gasteiger partial charge in [0.1, 0.15) is 10.6 Å². The molecule has 0 aliphatic rings. The second kappa shape index (κ2) is 9.97. The van der Waals surface area contributed by atoms with Gasteiger partial charge in [-0.2, -0.15) is 10.1 Å². The number of anilines is 1. The van der Waals surface area contributed by atoms with Gasteiger partial charge in [-0.1, -0.05) is 77.1 Å². The van der Waals surface area contributed by atoms with Gasteiger partial charge in [0.15, 0.2) is 0 Å². The number of para-hydroxylation sites is 1. The molecule has 4 rings (SSSR count). The van der Waals surface area contributed by atoms with E-state index in [1.165, 1.54) is 17.1 Å². The van der Waals surface area contributed by atoms with E-state index in [9.17, 15) is 8.42 Å². The van der Waals surface area contributed by atoms with Crippen LogP contribution >= 0.6 is 0 Å².